The Bertz CT molecular complexity index is 584. The fraction of sp³-hybridized carbons (Fsp3) is 0.286. The number of carbonyl (C=O) groups is 2. The highest BCUT2D eigenvalue weighted by molar-refractivity contribution is 9.10. The van der Waals surface area contributed by atoms with Crippen LogP contribution in [0.25, 0.3) is 6.08 Å². The minimum atomic E-state index is -0.392. The molecule has 1 heterocycles. The van der Waals surface area contributed by atoms with E-state index in [2.05, 4.69) is 21.2 Å². The first-order valence-electron chi connectivity index (χ1n) is 6.33. The van der Waals surface area contributed by atoms with Crippen molar-refractivity contribution in [2.75, 3.05) is 13.2 Å². The van der Waals surface area contributed by atoms with Crippen molar-refractivity contribution < 1.29 is 14.3 Å². The monoisotopic (exact) mass is 338 g/mol. The standard InChI is InChI=1S/C14H15BrN2O3/c1-3-17-13(18)11(16-14(17)19)8-9-7-10(15)5-6-12(9)20-4-2/h5-8H,3-4H2,1-2H3,(H,16,19)/b11-8+. The number of benzene rings is 1. The molecule has 0 atom stereocenters. The Labute approximate surface area is 125 Å². The summed E-state index contributed by atoms with van der Waals surface area (Å²) in [6.45, 7) is 4.52. The predicted octanol–water partition coefficient (Wildman–Crippen LogP) is 2.76. The molecule has 0 aliphatic carbocycles. The second-order valence-corrected chi connectivity index (χ2v) is 5.07. The first-order valence-corrected chi connectivity index (χ1v) is 7.13. The van der Waals surface area contributed by atoms with Gasteiger partial charge in [-0.1, -0.05) is 15.9 Å². The molecule has 6 heteroatoms. The van der Waals surface area contributed by atoms with Gasteiger partial charge >= 0.3 is 6.03 Å². The predicted molar refractivity (Wildman–Crippen MR) is 79.2 cm³/mol. The molecule has 1 aromatic rings. The smallest absolute Gasteiger partial charge is 0.328 e. The summed E-state index contributed by atoms with van der Waals surface area (Å²) in [6, 6.07) is 5.13. The SMILES string of the molecule is CCOc1ccc(Br)cc1/C=C1/NC(=O)N(CC)C1=O. The Morgan fingerprint density at radius 2 is 2.10 bits per heavy atom. The first kappa shape index (κ1) is 14.6. The zero-order valence-electron chi connectivity index (χ0n) is 11.3. The number of rotatable bonds is 4. The number of amides is 3. The van der Waals surface area contributed by atoms with E-state index in [0.29, 0.717) is 18.9 Å². The summed E-state index contributed by atoms with van der Waals surface area (Å²) in [5, 5.41) is 2.57. The lowest BCUT2D eigenvalue weighted by Crippen LogP contribution is -2.30. The maximum atomic E-state index is 12.0. The van der Waals surface area contributed by atoms with Gasteiger partial charge in [0.25, 0.3) is 5.91 Å². The Hall–Kier alpha value is -1.82. The number of imide groups is 1. The van der Waals surface area contributed by atoms with Crippen molar-refractivity contribution in [3.05, 3.63) is 33.9 Å². The van der Waals surface area contributed by atoms with Gasteiger partial charge in [0.2, 0.25) is 0 Å². The first-order chi connectivity index (χ1) is 9.56. The number of ether oxygens (including phenoxy) is 1. The summed E-state index contributed by atoms with van der Waals surface area (Å²) in [4.78, 5) is 24.8. The maximum Gasteiger partial charge on any atom is 0.328 e. The van der Waals surface area contributed by atoms with Gasteiger partial charge in [0.15, 0.2) is 0 Å². The molecule has 1 aromatic carbocycles. The molecule has 20 heavy (non-hydrogen) atoms. The van der Waals surface area contributed by atoms with Crippen LogP contribution in [0.1, 0.15) is 19.4 Å². The van der Waals surface area contributed by atoms with Crippen molar-refractivity contribution in [1.29, 1.82) is 0 Å². The van der Waals surface area contributed by atoms with Crippen LogP contribution >= 0.6 is 15.9 Å². The molecule has 3 amide bonds. The van der Waals surface area contributed by atoms with Crippen LogP contribution in [0.2, 0.25) is 0 Å². The third-order valence-electron chi connectivity index (χ3n) is 2.85. The molecule has 1 aliphatic rings. The third kappa shape index (κ3) is 2.85. The van der Waals surface area contributed by atoms with E-state index in [-0.39, 0.29) is 11.6 Å². The van der Waals surface area contributed by atoms with Gasteiger partial charge < -0.3 is 10.1 Å². The minimum absolute atomic E-state index is 0.260. The van der Waals surface area contributed by atoms with E-state index in [1.54, 1.807) is 13.0 Å². The second-order valence-electron chi connectivity index (χ2n) is 4.15. The van der Waals surface area contributed by atoms with E-state index in [1.807, 2.05) is 25.1 Å². The Kier molecular flexibility index (Phi) is 4.44. The molecule has 1 N–H and O–H groups in total. The highest BCUT2D eigenvalue weighted by Crippen LogP contribution is 2.26. The molecule has 106 valence electrons. The van der Waals surface area contributed by atoms with Gasteiger partial charge in [-0.15, -0.1) is 0 Å². The lowest BCUT2D eigenvalue weighted by atomic mass is 10.1. The van der Waals surface area contributed by atoms with Gasteiger partial charge in [0, 0.05) is 16.6 Å². The van der Waals surface area contributed by atoms with Crippen molar-refractivity contribution in [2.45, 2.75) is 13.8 Å². The molecule has 0 aromatic heterocycles. The topological polar surface area (TPSA) is 58.6 Å². The number of likely N-dealkylation sites (N-methyl/N-ethyl adjacent to an activating group) is 1. The zero-order chi connectivity index (χ0) is 14.7. The van der Waals surface area contributed by atoms with Crippen molar-refractivity contribution in [3.8, 4) is 5.75 Å². The van der Waals surface area contributed by atoms with Crippen molar-refractivity contribution in [2.24, 2.45) is 0 Å². The number of urea groups is 1. The number of hydrogen-bond donors (Lipinski definition) is 1. The van der Waals surface area contributed by atoms with Crippen LogP contribution in [0.4, 0.5) is 4.79 Å². The van der Waals surface area contributed by atoms with Crippen molar-refractivity contribution in [1.82, 2.24) is 10.2 Å². The largest absolute Gasteiger partial charge is 0.493 e. The Morgan fingerprint density at radius 3 is 2.70 bits per heavy atom. The van der Waals surface area contributed by atoms with Gasteiger partial charge in [-0.05, 0) is 38.1 Å². The summed E-state index contributed by atoms with van der Waals surface area (Å²) in [6.07, 6.45) is 1.63. The van der Waals surface area contributed by atoms with Gasteiger partial charge in [0.05, 0.1) is 6.61 Å². The van der Waals surface area contributed by atoms with E-state index in [1.165, 1.54) is 0 Å². The number of hydrogen-bond acceptors (Lipinski definition) is 3. The van der Waals surface area contributed by atoms with Crippen LogP contribution in [0.3, 0.4) is 0 Å². The van der Waals surface area contributed by atoms with E-state index >= 15 is 0 Å². The second kappa shape index (κ2) is 6.09. The number of nitrogens with zero attached hydrogens (tertiary/aromatic N) is 1. The summed E-state index contributed by atoms with van der Waals surface area (Å²) >= 11 is 3.38. The molecular formula is C14H15BrN2O3. The normalized spacial score (nSPS) is 16.8. The molecule has 5 nitrogen and oxygen atoms in total. The Balaban J connectivity index is 2.38. The average Bonchev–Trinajstić information content (AvgIpc) is 2.67. The minimum Gasteiger partial charge on any atom is -0.493 e. The highest BCUT2D eigenvalue weighted by Gasteiger charge is 2.32. The molecule has 0 bridgehead atoms. The number of nitrogens with one attached hydrogen (secondary N) is 1. The van der Waals surface area contributed by atoms with Gasteiger partial charge in [-0.3, -0.25) is 9.69 Å². The van der Waals surface area contributed by atoms with Crippen LogP contribution in [0.5, 0.6) is 5.75 Å². The van der Waals surface area contributed by atoms with Crippen LogP contribution in [0.15, 0.2) is 28.4 Å². The van der Waals surface area contributed by atoms with E-state index in [9.17, 15) is 9.59 Å². The molecule has 1 saturated heterocycles. The van der Waals surface area contributed by atoms with Crippen molar-refractivity contribution >= 4 is 33.9 Å². The van der Waals surface area contributed by atoms with E-state index < -0.39 is 6.03 Å². The number of carbonyl (C=O) groups excluding carboxylic acids is 2. The highest BCUT2D eigenvalue weighted by atomic mass is 79.9. The van der Waals surface area contributed by atoms with Gasteiger partial charge in [-0.25, -0.2) is 4.79 Å². The molecule has 0 saturated carbocycles. The molecule has 2 rings (SSSR count). The van der Waals surface area contributed by atoms with Crippen LogP contribution < -0.4 is 10.1 Å². The van der Waals surface area contributed by atoms with E-state index in [4.69, 9.17) is 4.74 Å². The number of halogens is 1. The summed E-state index contributed by atoms with van der Waals surface area (Å²) in [5.74, 6) is 0.347. The summed E-state index contributed by atoms with van der Waals surface area (Å²) in [5.41, 5.74) is 0.999. The average molecular weight is 339 g/mol. The van der Waals surface area contributed by atoms with Crippen molar-refractivity contribution in [3.63, 3.8) is 0 Å². The van der Waals surface area contributed by atoms with E-state index in [0.717, 1.165) is 14.9 Å². The van der Waals surface area contributed by atoms with Crippen LogP contribution in [0, 0.1) is 0 Å². The lowest BCUT2D eigenvalue weighted by Gasteiger charge is -2.08. The van der Waals surface area contributed by atoms with Gasteiger partial charge in [-0.2, -0.15) is 0 Å². The summed E-state index contributed by atoms with van der Waals surface area (Å²) in [7, 11) is 0. The lowest BCUT2D eigenvalue weighted by molar-refractivity contribution is -0.122. The van der Waals surface area contributed by atoms with Crippen LogP contribution in [-0.2, 0) is 4.79 Å². The zero-order valence-corrected chi connectivity index (χ0v) is 12.9. The third-order valence-corrected chi connectivity index (χ3v) is 3.34. The molecule has 0 unspecified atom stereocenters. The molecule has 0 radical (unpaired) electrons. The maximum absolute atomic E-state index is 12.0. The quantitative estimate of drug-likeness (QED) is 0.678. The van der Waals surface area contributed by atoms with Crippen LogP contribution in [-0.4, -0.2) is 30.0 Å². The molecule has 0 spiro atoms. The fourth-order valence-electron chi connectivity index (χ4n) is 1.93. The fourth-order valence-corrected chi connectivity index (χ4v) is 2.31. The molecule has 1 fully saturated rings. The molecule has 1 aliphatic heterocycles. The van der Waals surface area contributed by atoms with Gasteiger partial charge in [0.1, 0.15) is 11.4 Å². The Morgan fingerprint density at radius 1 is 1.35 bits per heavy atom. The molecular weight excluding hydrogens is 324 g/mol. The summed E-state index contributed by atoms with van der Waals surface area (Å²) < 4.78 is 6.39.